The van der Waals surface area contributed by atoms with Gasteiger partial charge in [0.2, 0.25) is 0 Å². The van der Waals surface area contributed by atoms with E-state index in [9.17, 15) is 28.8 Å². The lowest BCUT2D eigenvalue weighted by atomic mass is 10.1. The lowest BCUT2D eigenvalue weighted by Crippen LogP contribution is -2.29. The Labute approximate surface area is 340 Å². The Morgan fingerprint density at radius 1 is 0.436 bits per heavy atom. The SMILES string of the molecule is O=C(Nc1ccc(I)cc1)c1ccc2c(c1)C(=O)N(c1ccc(Oc3ccc(N4C(=O)c5ccc(C(=O)Nc6ccc(I)cc6)cc5C4=O)cc3)cc1)C2=O. The summed E-state index contributed by atoms with van der Waals surface area (Å²) in [6.45, 7) is 0. The van der Waals surface area contributed by atoms with Gasteiger partial charge in [0.25, 0.3) is 35.4 Å². The number of hydrogen-bond donors (Lipinski definition) is 2. The molecule has 6 amide bonds. The molecule has 13 heteroatoms. The summed E-state index contributed by atoms with van der Waals surface area (Å²) in [6, 6.07) is 36.1. The molecule has 0 atom stereocenters. The molecule has 6 aromatic carbocycles. The van der Waals surface area contributed by atoms with Gasteiger partial charge in [-0.2, -0.15) is 0 Å². The van der Waals surface area contributed by atoms with Crippen molar-refractivity contribution in [2.24, 2.45) is 0 Å². The van der Waals surface area contributed by atoms with Gasteiger partial charge in [0.05, 0.1) is 33.6 Å². The highest BCUT2D eigenvalue weighted by atomic mass is 127. The molecular weight excluding hydrogens is 926 g/mol. The van der Waals surface area contributed by atoms with E-state index in [1.807, 2.05) is 24.3 Å². The highest BCUT2D eigenvalue weighted by Gasteiger charge is 2.38. The number of hydrogen-bond acceptors (Lipinski definition) is 7. The normalized spacial score (nSPS) is 13.1. The zero-order valence-corrected chi connectivity index (χ0v) is 32.5. The van der Waals surface area contributed by atoms with E-state index in [2.05, 4.69) is 55.8 Å². The zero-order valence-electron chi connectivity index (χ0n) is 28.2. The quantitative estimate of drug-likeness (QED) is 0.115. The van der Waals surface area contributed by atoms with Crippen LogP contribution in [0, 0.1) is 7.14 Å². The molecule has 268 valence electrons. The number of carbonyl (C=O) groups excluding carboxylic acids is 6. The number of imide groups is 2. The van der Waals surface area contributed by atoms with E-state index in [-0.39, 0.29) is 33.4 Å². The minimum Gasteiger partial charge on any atom is -0.457 e. The van der Waals surface area contributed by atoms with E-state index in [1.165, 1.54) is 36.4 Å². The summed E-state index contributed by atoms with van der Waals surface area (Å²) in [7, 11) is 0. The van der Waals surface area contributed by atoms with Crippen molar-refractivity contribution >= 4 is 103 Å². The van der Waals surface area contributed by atoms with Crippen molar-refractivity contribution in [3.8, 4) is 11.5 Å². The molecule has 6 aromatic rings. The van der Waals surface area contributed by atoms with Gasteiger partial charge in [0.15, 0.2) is 0 Å². The van der Waals surface area contributed by atoms with Crippen LogP contribution in [-0.4, -0.2) is 35.4 Å². The molecule has 2 aliphatic rings. The predicted octanol–water partition coefficient (Wildman–Crippen LogP) is 8.79. The second-order valence-corrected chi connectivity index (χ2v) is 14.9. The summed E-state index contributed by atoms with van der Waals surface area (Å²) >= 11 is 4.34. The Balaban J connectivity index is 0.918. The van der Waals surface area contributed by atoms with Crippen molar-refractivity contribution in [2.45, 2.75) is 0 Å². The molecule has 0 spiro atoms. The van der Waals surface area contributed by atoms with Gasteiger partial charge in [0, 0.05) is 29.6 Å². The monoisotopic (exact) mass is 950 g/mol. The van der Waals surface area contributed by atoms with Crippen LogP contribution in [0.15, 0.2) is 133 Å². The topological polar surface area (TPSA) is 142 Å². The standard InChI is InChI=1S/C42H24I2N4O7/c43-25-3-7-27(8-4-25)45-37(49)23-1-19-33-35(21-23)41(53)47(39(33)51)29-11-15-31(16-12-29)55-32-17-13-30(14-18-32)48-40(52)34-20-2-24(22-36(34)42(48)54)38(50)46-28-9-5-26(44)6-10-28/h1-22H,(H,45,49)(H,46,50). The van der Waals surface area contributed by atoms with Gasteiger partial charge in [-0.25, -0.2) is 9.80 Å². The fourth-order valence-electron chi connectivity index (χ4n) is 6.17. The fraction of sp³-hybridized carbons (Fsp3) is 0. The van der Waals surface area contributed by atoms with Gasteiger partial charge in [-0.1, -0.05) is 0 Å². The number of nitrogens with zero attached hydrogens (tertiary/aromatic N) is 2. The van der Waals surface area contributed by atoms with Crippen LogP contribution in [0.2, 0.25) is 0 Å². The van der Waals surface area contributed by atoms with Gasteiger partial charge in [-0.15, -0.1) is 0 Å². The third kappa shape index (κ3) is 6.99. The number of nitrogens with one attached hydrogen (secondary N) is 2. The predicted molar refractivity (Wildman–Crippen MR) is 222 cm³/mol. The van der Waals surface area contributed by atoms with Gasteiger partial charge in [0.1, 0.15) is 11.5 Å². The first-order chi connectivity index (χ1) is 26.5. The number of carbonyl (C=O) groups is 6. The van der Waals surface area contributed by atoms with Crippen LogP contribution in [0.3, 0.4) is 0 Å². The molecule has 2 N–H and O–H groups in total. The molecule has 11 nitrogen and oxygen atoms in total. The van der Waals surface area contributed by atoms with E-state index in [0.29, 0.717) is 34.2 Å². The minimum atomic E-state index is -0.553. The summed E-state index contributed by atoms with van der Waals surface area (Å²) < 4.78 is 8.01. The van der Waals surface area contributed by atoms with E-state index < -0.39 is 35.4 Å². The Morgan fingerprint density at radius 3 is 1.15 bits per heavy atom. The summed E-state index contributed by atoms with van der Waals surface area (Å²) in [6.07, 6.45) is 0. The second-order valence-electron chi connectivity index (χ2n) is 12.4. The number of benzene rings is 6. The summed E-state index contributed by atoms with van der Waals surface area (Å²) in [5, 5.41) is 5.60. The molecule has 55 heavy (non-hydrogen) atoms. The van der Waals surface area contributed by atoms with E-state index in [4.69, 9.17) is 4.74 Å². The second kappa shape index (κ2) is 14.6. The highest BCUT2D eigenvalue weighted by molar-refractivity contribution is 14.1. The number of fused-ring (bicyclic) bond motifs is 2. The van der Waals surface area contributed by atoms with Gasteiger partial charge in [-0.05, 0) is 179 Å². The lowest BCUT2D eigenvalue weighted by Gasteiger charge is -2.16. The van der Waals surface area contributed by atoms with Crippen LogP contribution in [0.1, 0.15) is 62.1 Å². The number of ether oxygens (including phenoxy) is 1. The van der Waals surface area contributed by atoms with Crippen molar-refractivity contribution in [1.29, 1.82) is 0 Å². The number of halogens is 2. The first kappa shape index (κ1) is 35.8. The third-order valence-electron chi connectivity index (χ3n) is 8.93. The number of rotatable bonds is 8. The molecule has 0 unspecified atom stereocenters. The Morgan fingerprint density at radius 2 is 0.782 bits per heavy atom. The summed E-state index contributed by atoms with van der Waals surface area (Å²) in [5.41, 5.74) is 2.97. The van der Waals surface area contributed by atoms with Crippen molar-refractivity contribution in [3.05, 3.63) is 174 Å². The van der Waals surface area contributed by atoms with Crippen molar-refractivity contribution < 1.29 is 33.5 Å². The molecule has 0 aliphatic carbocycles. The molecule has 0 saturated carbocycles. The van der Waals surface area contributed by atoms with Crippen LogP contribution >= 0.6 is 45.2 Å². The van der Waals surface area contributed by atoms with E-state index in [1.54, 1.807) is 72.8 Å². The summed E-state index contributed by atoms with van der Waals surface area (Å²) in [4.78, 5) is 81.2. The van der Waals surface area contributed by atoms with Crippen molar-refractivity contribution in [1.82, 2.24) is 0 Å². The first-order valence-corrected chi connectivity index (χ1v) is 18.8. The fourth-order valence-corrected chi connectivity index (χ4v) is 6.89. The maximum absolute atomic E-state index is 13.4. The Bertz CT molecular complexity index is 2410. The van der Waals surface area contributed by atoms with Crippen LogP contribution in [0.25, 0.3) is 0 Å². The van der Waals surface area contributed by atoms with Crippen LogP contribution in [0.5, 0.6) is 11.5 Å². The van der Waals surface area contributed by atoms with Crippen molar-refractivity contribution in [2.75, 3.05) is 20.4 Å². The van der Waals surface area contributed by atoms with Crippen LogP contribution in [0.4, 0.5) is 22.7 Å². The number of anilines is 4. The molecule has 0 saturated heterocycles. The molecule has 0 fully saturated rings. The minimum absolute atomic E-state index is 0.127. The lowest BCUT2D eigenvalue weighted by molar-refractivity contribution is 0.0910. The van der Waals surface area contributed by atoms with Crippen molar-refractivity contribution in [3.63, 3.8) is 0 Å². The molecule has 8 rings (SSSR count). The maximum Gasteiger partial charge on any atom is 0.266 e. The van der Waals surface area contributed by atoms with Gasteiger partial charge in [-0.3, -0.25) is 28.8 Å². The van der Waals surface area contributed by atoms with E-state index in [0.717, 1.165) is 16.9 Å². The summed E-state index contributed by atoms with van der Waals surface area (Å²) in [5.74, 6) is -2.14. The molecule has 0 bridgehead atoms. The van der Waals surface area contributed by atoms with Gasteiger partial charge < -0.3 is 15.4 Å². The third-order valence-corrected chi connectivity index (χ3v) is 10.4. The highest BCUT2D eigenvalue weighted by Crippen LogP contribution is 2.34. The Hall–Kier alpha value is -6.20. The van der Waals surface area contributed by atoms with Gasteiger partial charge >= 0.3 is 0 Å². The van der Waals surface area contributed by atoms with E-state index >= 15 is 0 Å². The largest absolute Gasteiger partial charge is 0.457 e. The molecular formula is C42H24I2N4O7. The average Bonchev–Trinajstić information content (AvgIpc) is 3.60. The molecule has 0 radical (unpaired) electrons. The number of amides is 6. The maximum atomic E-state index is 13.4. The van der Waals surface area contributed by atoms with Crippen LogP contribution in [-0.2, 0) is 0 Å². The molecule has 0 aromatic heterocycles. The average molecular weight is 950 g/mol. The molecule has 2 aliphatic heterocycles. The first-order valence-electron chi connectivity index (χ1n) is 16.6. The zero-order chi connectivity index (χ0) is 38.4. The molecule has 2 heterocycles. The Kier molecular flexibility index (Phi) is 9.48. The smallest absolute Gasteiger partial charge is 0.266 e. The van der Waals surface area contributed by atoms with Crippen LogP contribution < -0.4 is 25.2 Å².